The second-order valence-electron chi connectivity index (χ2n) is 6.64. The number of halogens is 2. The molecule has 2 aliphatic rings. The summed E-state index contributed by atoms with van der Waals surface area (Å²) in [5.74, 6) is 0.535. The van der Waals surface area contributed by atoms with Gasteiger partial charge in [-0.25, -0.2) is 4.79 Å². The first kappa shape index (κ1) is 20.5. The smallest absolute Gasteiger partial charge is 0.410 e. The average molecular weight is 545 g/mol. The Morgan fingerprint density at radius 2 is 2.14 bits per heavy atom. The molecule has 154 valence electrons. The van der Waals surface area contributed by atoms with Crippen molar-refractivity contribution in [3.8, 4) is 5.75 Å². The molecule has 0 bridgehead atoms. The molecule has 0 fully saturated rings. The number of carbonyl (C=O) groups excluding carboxylic acids is 2. The Kier molecular flexibility index (Phi) is 5.76. The summed E-state index contributed by atoms with van der Waals surface area (Å²) in [5, 5.41) is 7.28. The summed E-state index contributed by atoms with van der Waals surface area (Å²) in [6, 6.07) is 3.81. The van der Waals surface area contributed by atoms with E-state index in [2.05, 4.69) is 42.5 Å². The summed E-state index contributed by atoms with van der Waals surface area (Å²) >= 11 is 8.52. The first-order valence-corrected chi connectivity index (χ1v) is 11.5. The molecule has 0 radical (unpaired) electrons. The van der Waals surface area contributed by atoms with Gasteiger partial charge in [0.2, 0.25) is 0 Å². The maximum atomic E-state index is 13.0. The fraction of sp³-hybridized carbons (Fsp3) is 0.368. The quantitative estimate of drug-likeness (QED) is 0.588. The second-order valence-corrected chi connectivity index (χ2v) is 9.51. The molecule has 0 saturated carbocycles. The highest BCUT2D eigenvalue weighted by Gasteiger charge is 2.35. The molecule has 2 N–H and O–H groups in total. The van der Waals surface area contributed by atoms with Gasteiger partial charge in [0.1, 0.15) is 16.9 Å². The van der Waals surface area contributed by atoms with Crippen LogP contribution < -0.4 is 15.4 Å². The Labute approximate surface area is 189 Å². The number of thiophene rings is 1. The van der Waals surface area contributed by atoms with Crippen LogP contribution in [0.2, 0.25) is 0 Å². The normalized spacial score (nSPS) is 17.7. The third-order valence-electron chi connectivity index (χ3n) is 4.91. The first-order valence-electron chi connectivity index (χ1n) is 9.09. The molecule has 0 unspecified atom stereocenters. The van der Waals surface area contributed by atoms with E-state index in [1.807, 2.05) is 12.1 Å². The molecule has 1 atom stereocenters. The molecule has 0 saturated heterocycles. The van der Waals surface area contributed by atoms with Crippen molar-refractivity contribution in [2.75, 3.05) is 25.6 Å². The summed E-state index contributed by atoms with van der Waals surface area (Å²) < 4.78 is 12.3. The van der Waals surface area contributed by atoms with Crippen LogP contribution in [0.5, 0.6) is 5.75 Å². The van der Waals surface area contributed by atoms with Crippen molar-refractivity contribution in [2.45, 2.75) is 26.1 Å². The van der Waals surface area contributed by atoms with Gasteiger partial charge < -0.3 is 25.0 Å². The number of amides is 2. The van der Waals surface area contributed by atoms with Crippen molar-refractivity contribution in [3.63, 3.8) is 0 Å². The Hall–Kier alpha value is -1.78. The molecule has 29 heavy (non-hydrogen) atoms. The van der Waals surface area contributed by atoms with Crippen LogP contribution in [0.4, 0.5) is 9.80 Å². The lowest BCUT2D eigenvalue weighted by Gasteiger charge is -2.29. The Balaban J connectivity index is 1.65. The monoisotopic (exact) mass is 543 g/mol. The minimum absolute atomic E-state index is 0.121. The van der Waals surface area contributed by atoms with Crippen LogP contribution >= 0.6 is 43.2 Å². The third-order valence-corrected chi connectivity index (χ3v) is 7.11. The zero-order valence-corrected chi connectivity index (χ0v) is 19.8. The first-order chi connectivity index (χ1) is 13.9. The van der Waals surface area contributed by atoms with Gasteiger partial charge in [0, 0.05) is 21.5 Å². The maximum Gasteiger partial charge on any atom is 0.410 e. The van der Waals surface area contributed by atoms with E-state index < -0.39 is 6.17 Å². The average Bonchev–Trinajstić information content (AvgIpc) is 3.05. The zero-order valence-electron chi connectivity index (χ0n) is 15.8. The standard InChI is InChI=1S/C19H19Br2N3O4S/c1-3-28-19(26)24-5-4-10-13(8-24)29-18-14(10)17(25)22-16(23-18)11-6-9(20)7-12(21)15(11)27-2/h6-7,16,23H,3-5,8H2,1-2H3,(H,22,25)/t16-/m0/s1. The molecule has 1 aromatic heterocycles. The van der Waals surface area contributed by atoms with Crippen LogP contribution in [0.1, 0.15) is 39.5 Å². The van der Waals surface area contributed by atoms with Gasteiger partial charge in [0.25, 0.3) is 5.91 Å². The molecule has 1 aromatic carbocycles. The predicted octanol–water partition coefficient (Wildman–Crippen LogP) is 4.65. The van der Waals surface area contributed by atoms with Crippen molar-refractivity contribution in [3.05, 3.63) is 42.6 Å². The van der Waals surface area contributed by atoms with Crippen molar-refractivity contribution in [1.82, 2.24) is 10.2 Å². The Bertz CT molecular complexity index is 994. The summed E-state index contributed by atoms with van der Waals surface area (Å²) in [6.45, 7) is 3.13. The summed E-state index contributed by atoms with van der Waals surface area (Å²) in [4.78, 5) is 27.7. The maximum absolute atomic E-state index is 13.0. The number of anilines is 1. The van der Waals surface area contributed by atoms with E-state index in [0.29, 0.717) is 37.4 Å². The van der Waals surface area contributed by atoms with Gasteiger partial charge in [-0.3, -0.25) is 4.79 Å². The van der Waals surface area contributed by atoms with E-state index in [1.165, 1.54) is 11.3 Å². The molecule has 2 aromatic rings. The highest BCUT2D eigenvalue weighted by Crippen LogP contribution is 2.43. The summed E-state index contributed by atoms with van der Waals surface area (Å²) in [6.07, 6.45) is -0.116. The number of benzene rings is 1. The number of hydrogen-bond acceptors (Lipinski definition) is 6. The van der Waals surface area contributed by atoms with Crippen LogP contribution in [-0.4, -0.2) is 37.2 Å². The van der Waals surface area contributed by atoms with Crippen LogP contribution in [0.3, 0.4) is 0 Å². The molecule has 0 aliphatic carbocycles. The van der Waals surface area contributed by atoms with Crippen molar-refractivity contribution < 1.29 is 19.1 Å². The lowest BCUT2D eigenvalue weighted by Crippen LogP contribution is -2.39. The lowest BCUT2D eigenvalue weighted by molar-refractivity contribution is 0.0933. The van der Waals surface area contributed by atoms with E-state index >= 15 is 0 Å². The van der Waals surface area contributed by atoms with Crippen LogP contribution in [0, 0.1) is 0 Å². The highest BCUT2D eigenvalue weighted by atomic mass is 79.9. The largest absolute Gasteiger partial charge is 0.495 e. The second kappa shape index (κ2) is 8.16. The topological polar surface area (TPSA) is 79.9 Å². The fourth-order valence-electron chi connectivity index (χ4n) is 3.65. The van der Waals surface area contributed by atoms with Gasteiger partial charge in [0.05, 0.1) is 30.3 Å². The van der Waals surface area contributed by atoms with Gasteiger partial charge in [-0.15, -0.1) is 11.3 Å². The van der Waals surface area contributed by atoms with Crippen molar-refractivity contribution in [1.29, 1.82) is 0 Å². The molecule has 10 heteroatoms. The van der Waals surface area contributed by atoms with E-state index in [1.54, 1.807) is 18.9 Å². The van der Waals surface area contributed by atoms with Gasteiger partial charge in [-0.05, 0) is 47.0 Å². The van der Waals surface area contributed by atoms with E-state index in [-0.39, 0.29) is 12.0 Å². The van der Waals surface area contributed by atoms with Gasteiger partial charge in [-0.2, -0.15) is 0 Å². The number of ether oxygens (including phenoxy) is 2. The van der Waals surface area contributed by atoms with Crippen molar-refractivity contribution >= 4 is 60.2 Å². The summed E-state index contributed by atoms with van der Waals surface area (Å²) in [7, 11) is 1.60. The zero-order chi connectivity index (χ0) is 20.7. The van der Waals surface area contributed by atoms with Gasteiger partial charge >= 0.3 is 6.09 Å². The minimum Gasteiger partial charge on any atom is -0.495 e. The third kappa shape index (κ3) is 3.73. The van der Waals surface area contributed by atoms with E-state index in [0.717, 1.165) is 30.0 Å². The predicted molar refractivity (Wildman–Crippen MR) is 118 cm³/mol. The Morgan fingerprint density at radius 3 is 2.86 bits per heavy atom. The van der Waals surface area contributed by atoms with Crippen molar-refractivity contribution in [2.24, 2.45) is 0 Å². The van der Waals surface area contributed by atoms with Crippen LogP contribution in [0.15, 0.2) is 21.1 Å². The molecule has 2 aliphatic heterocycles. The van der Waals surface area contributed by atoms with Gasteiger partial charge in [-0.1, -0.05) is 15.9 Å². The molecular formula is C19H19Br2N3O4S. The summed E-state index contributed by atoms with van der Waals surface area (Å²) in [5.41, 5.74) is 2.50. The molecule has 3 heterocycles. The minimum atomic E-state index is -0.431. The molecule has 2 amide bonds. The number of rotatable bonds is 3. The molecular weight excluding hydrogens is 526 g/mol. The number of fused-ring (bicyclic) bond motifs is 3. The number of methoxy groups -OCH3 is 1. The van der Waals surface area contributed by atoms with Crippen LogP contribution in [0.25, 0.3) is 0 Å². The van der Waals surface area contributed by atoms with E-state index in [4.69, 9.17) is 9.47 Å². The number of nitrogens with zero attached hydrogens (tertiary/aromatic N) is 1. The number of hydrogen-bond donors (Lipinski definition) is 2. The fourth-order valence-corrected chi connectivity index (χ4v) is 6.36. The molecule has 4 rings (SSSR count). The molecule has 0 spiro atoms. The Morgan fingerprint density at radius 1 is 1.34 bits per heavy atom. The van der Waals surface area contributed by atoms with Gasteiger partial charge in [0.15, 0.2) is 0 Å². The number of nitrogens with one attached hydrogen (secondary N) is 2. The molecule has 7 nitrogen and oxygen atoms in total. The highest BCUT2D eigenvalue weighted by molar-refractivity contribution is 9.11. The lowest BCUT2D eigenvalue weighted by atomic mass is 10.0. The van der Waals surface area contributed by atoms with Crippen LogP contribution in [-0.2, 0) is 17.7 Å². The van der Waals surface area contributed by atoms with E-state index in [9.17, 15) is 9.59 Å². The SMILES string of the molecule is CCOC(=O)N1CCc2c(sc3c2C(=O)N[C@H](c2cc(Br)cc(Br)c2OC)N3)C1. The number of carbonyl (C=O) groups is 2.